The zero-order chi connectivity index (χ0) is 18.3. The van der Waals surface area contributed by atoms with Gasteiger partial charge in [0.25, 0.3) is 0 Å². The Labute approximate surface area is 152 Å². The van der Waals surface area contributed by atoms with Gasteiger partial charge in [-0.2, -0.15) is 0 Å². The molecule has 5 heteroatoms. The van der Waals surface area contributed by atoms with E-state index in [1.54, 1.807) is 26.0 Å². The molecule has 2 aliphatic rings. The smallest absolute Gasteiger partial charge is 0.336 e. The lowest BCUT2D eigenvalue weighted by molar-refractivity contribution is -0.126. The number of carbonyl (C=O) groups is 1. The number of fused-ring (bicyclic) bond motifs is 2. The number of hydrogen-bond donors (Lipinski definition) is 1. The lowest BCUT2D eigenvalue weighted by Crippen LogP contribution is -2.42. The minimum absolute atomic E-state index is 0.0778. The standard InChI is InChI=1S/C21H23NO4/c1-21(2)20(24)16(12-22-14-6-4-3-5-7-14)15-11-17-13(10-18(15)26-21)8-9-19(23)25-17/h8-12,14,22H,3-7H2,1-2H3. The highest BCUT2D eigenvalue weighted by Gasteiger charge is 2.39. The normalized spacial score (nSPS) is 21.5. The van der Waals surface area contributed by atoms with Gasteiger partial charge in [-0.3, -0.25) is 4.79 Å². The van der Waals surface area contributed by atoms with Gasteiger partial charge in [0.1, 0.15) is 11.3 Å². The summed E-state index contributed by atoms with van der Waals surface area (Å²) in [6, 6.07) is 7.05. The van der Waals surface area contributed by atoms with Crippen molar-refractivity contribution in [2.75, 3.05) is 0 Å². The van der Waals surface area contributed by atoms with Gasteiger partial charge >= 0.3 is 5.63 Å². The summed E-state index contributed by atoms with van der Waals surface area (Å²) < 4.78 is 11.2. The van der Waals surface area contributed by atoms with Gasteiger partial charge in [0.05, 0.1) is 0 Å². The third kappa shape index (κ3) is 3.02. The third-order valence-corrected chi connectivity index (χ3v) is 5.24. The number of ether oxygens (including phenoxy) is 1. The molecular formula is C21H23NO4. The van der Waals surface area contributed by atoms with Crippen molar-refractivity contribution in [2.24, 2.45) is 0 Å². The van der Waals surface area contributed by atoms with E-state index in [-0.39, 0.29) is 5.78 Å². The summed E-state index contributed by atoms with van der Waals surface area (Å²) in [5, 5.41) is 4.20. The summed E-state index contributed by atoms with van der Waals surface area (Å²) in [7, 11) is 0. The number of rotatable bonds is 2. The Morgan fingerprint density at radius 2 is 1.88 bits per heavy atom. The van der Waals surface area contributed by atoms with Gasteiger partial charge in [-0.05, 0) is 44.9 Å². The zero-order valence-electron chi connectivity index (χ0n) is 15.1. The van der Waals surface area contributed by atoms with E-state index in [4.69, 9.17) is 9.15 Å². The molecule has 2 heterocycles. The van der Waals surface area contributed by atoms with Crippen molar-refractivity contribution in [3.05, 3.63) is 46.4 Å². The fourth-order valence-electron chi connectivity index (χ4n) is 3.77. The molecular weight excluding hydrogens is 330 g/mol. The first kappa shape index (κ1) is 16.9. The highest BCUT2D eigenvalue weighted by Crippen LogP contribution is 2.40. The maximum absolute atomic E-state index is 13.0. The monoisotopic (exact) mass is 353 g/mol. The number of benzene rings is 1. The van der Waals surface area contributed by atoms with E-state index in [9.17, 15) is 9.59 Å². The van der Waals surface area contributed by atoms with Crippen LogP contribution in [0.15, 0.2) is 39.7 Å². The van der Waals surface area contributed by atoms with Crippen molar-refractivity contribution in [2.45, 2.75) is 57.6 Å². The molecule has 1 N–H and O–H groups in total. The molecule has 0 bridgehead atoms. The molecule has 1 aliphatic heterocycles. The molecule has 1 aromatic heterocycles. The second kappa shape index (κ2) is 6.31. The Balaban J connectivity index is 1.79. The van der Waals surface area contributed by atoms with E-state index in [0.717, 1.165) is 18.2 Å². The van der Waals surface area contributed by atoms with E-state index < -0.39 is 11.2 Å². The summed E-state index contributed by atoms with van der Waals surface area (Å²) in [6.07, 6.45) is 7.79. The highest BCUT2D eigenvalue weighted by atomic mass is 16.5. The molecule has 4 rings (SSSR count). The van der Waals surface area contributed by atoms with Crippen LogP contribution < -0.4 is 15.7 Å². The van der Waals surface area contributed by atoms with Gasteiger partial charge in [-0.25, -0.2) is 4.79 Å². The van der Waals surface area contributed by atoms with Crippen LogP contribution in [0.4, 0.5) is 0 Å². The number of ketones is 1. The van der Waals surface area contributed by atoms with Gasteiger partial charge in [0.15, 0.2) is 5.60 Å². The number of hydrogen-bond acceptors (Lipinski definition) is 5. The Kier molecular flexibility index (Phi) is 4.10. The predicted octanol–water partition coefficient (Wildman–Crippen LogP) is 3.80. The number of nitrogens with one attached hydrogen (secondary N) is 1. The fraction of sp³-hybridized carbons (Fsp3) is 0.429. The summed E-state index contributed by atoms with van der Waals surface area (Å²) >= 11 is 0. The van der Waals surface area contributed by atoms with E-state index >= 15 is 0 Å². The van der Waals surface area contributed by atoms with Crippen LogP contribution in [0.25, 0.3) is 16.5 Å². The zero-order valence-corrected chi connectivity index (χ0v) is 15.1. The molecule has 5 nitrogen and oxygen atoms in total. The summed E-state index contributed by atoms with van der Waals surface area (Å²) in [4.78, 5) is 24.5. The summed E-state index contributed by atoms with van der Waals surface area (Å²) in [5.74, 6) is 0.554. The molecule has 0 unspecified atom stereocenters. The topological polar surface area (TPSA) is 68.5 Å². The van der Waals surface area contributed by atoms with Gasteiger partial charge in [0, 0.05) is 34.8 Å². The first-order chi connectivity index (χ1) is 12.4. The average Bonchev–Trinajstić information content (AvgIpc) is 2.62. The van der Waals surface area contributed by atoms with Crippen molar-refractivity contribution in [3.63, 3.8) is 0 Å². The van der Waals surface area contributed by atoms with Crippen LogP contribution in [-0.2, 0) is 4.79 Å². The van der Waals surface area contributed by atoms with E-state index in [0.29, 0.717) is 28.5 Å². The Bertz CT molecular complexity index is 948. The van der Waals surface area contributed by atoms with Crippen LogP contribution in [-0.4, -0.2) is 17.4 Å². The molecule has 136 valence electrons. The summed E-state index contributed by atoms with van der Waals surface area (Å²) in [5.41, 5.74) is 0.355. The lowest BCUT2D eigenvalue weighted by Gasteiger charge is -2.33. The molecule has 1 fully saturated rings. The molecule has 2 aromatic rings. The first-order valence-electron chi connectivity index (χ1n) is 9.22. The molecule has 26 heavy (non-hydrogen) atoms. The Morgan fingerprint density at radius 1 is 1.12 bits per heavy atom. The van der Waals surface area contributed by atoms with Crippen LogP contribution in [0, 0.1) is 0 Å². The quantitative estimate of drug-likeness (QED) is 0.657. The van der Waals surface area contributed by atoms with Gasteiger partial charge < -0.3 is 14.5 Å². The average molecular weight is 353 g/mol. The number of carbonyl (C=O) groups excluding carboxylic acids is 1. The maximum Gasteiger partial charge on any atom is 0.336 e. The molecule has 1 aromatic carbocycles. The van der Waals surface area contributed by atoms with Crippen LogP contribution >= 0.6 is 0 Å². The molecule has 0 saturated heterocycles. The summed E-state index contributed by atoms with van der Waals surface area (Å²) in [6.45, 7) is 3.56. The van der Waals surface area contributed by atoms with E-state index in [1.165, 1.54) is 25.3 Å². The first-order valence-corrected chi connectivity index (χ1v) is 9.22. The van der Waals surface area contributed by atoms with Crippen LogP contribution in [0.2, 0.25) is 0 Å². The van der Waals surface area contributed by atoms with Crippen LogP contribution in [0.1, 0.15) is 51.5 Å². The SMILES string of the molecule is CC1(C)Oc2cc3ccc(=O)oc3cc2C(=CNC2CCCCC2)C1=O. The third-order valence-electron chi connectivity index (χ3n) is 5.24. The van der Waals surface area contributed by atoms with Crippen molar-refractivity contribution in [1.29, 1.82) is 0 Å². The van der Waals surface area contributed by atoms with Crippen LogP contribution in [0.5, 0.6) is 5.75 Å². The second-order valence-electron chi connectivity index (χ2n) is 7.64. The van der Waals surface area contributed by atoms with Gasteiger partial charge in [0.2, 0.25) is 5.78 Å². The van der Waals surface area contributed by atoms with Crippen molar-refractivity contribution in [1.82, 2.24) is 5.32 Å². The van der Waals surface area contributed by atoms with Crippen molar-refractivity contribution >= 4 is 22.3 Å². The molecule has 0 amide bonds. The molecule has 0 spiro atoms. The Morgan fingerprint density at radius 3 is 2.65 bits per heavy atom. The second-order valence-corrected chi connectivity index (χ2v) is 7.64. The van der Waals surface area contributed by atoms with E-state index in [1.807, 2.05) is 12.3 Å². The largest absolute Gasteiger partial charge is 0.479 e. The predicted molar refractivity (Wildman–Crippen MR) is 100 cm³/mol. The maximum atomic E-state index is 13.0. The molecule has 1 aliphatic carbocycles. The Hall–Kier alpha value is -2.56. The minimum Gasteiger partial charge on any atom is -0.479 e. The lowest BCUT2D eigenvalue weighted by atomic mass is 9.87. The molecule has 0 atom stereocenters. The van der Waals surface area contributed by atoms with Gasteiger partial charge in [-0.1, -0.05) is 19.3 Å². The molecule has 1 saturated carbocycles. The van der Waals surface area contributed by atoms with E-state index in [2.05, 4.69) is 5.32 Å². The molecule has 0 radical (unpaired) electrons. The van der Waals surface area contributed by atoms with Crippen molar-refractivity contribution < 1.29 is 13.9 Å². The van der Waals surface area contributed by atoms with Crippen molar-refractivity contribution in [3.8, 4) is 5.75 Å². The fourth-order valence-corrected chi connectivity index (χ4v) is 3.77. The van der Waals surface area contributed by atoms with Crippen LogP contribution in [0.3, 0.4) is 0 Å². The van der Waals surface area contributed by atoms with Gasteiger partial charge in [-0.15, -0.1) is 0 Å². The number of Topliss-reactive ketones (excluding diaryl/α,β-unsaturated/α-hetero) is 1. The minimum atomic E-state index is -0.934. The highest BCUT2D eigenvalue weighted by molar-refractivity contribution is 6.26.